The summed E-state index contributed by atoms with van der Waals surface area (Å²) >= 11 is 0. The molecule has 0 spiro atoms. The minimum absolute atomic E-state index is 0.0984. The minimum Gasteiger partial charge on any atom is -0.497 e. The van der Waals surface area contributed by atoms with Gasteiger partial charge in [0.15, 0.2) is 0 Å². The number of sulfonamides is 1. The summed E-state index contributed by atoms with van der Waals surface area (Å²) in [5.74, 6) is 0.409. The maximum atomic E-state index is 13.0. The molecule has 0 saturated heterocycles. The summed E-state index contributed by atoms with van der Waals surface area (Å²) in [6.45, 7) is 1.71. The summed E-state index contributed by atoms with van der Waals surface area (Å²) in [5.41, 5.74) is 2.32. The number of methoxy groups -OCH3 is 1. The van der Waals surface area contributed by atoms with E-state index in [0.29, 0.717) is 22.7 Å². The number of carbonyl (C=O) groups is 1. The van der Waals surface area contributed by atoms with E-state index in [0.717, 1.165) is 16.3 Å². The van der Waals surface area contributed by atoms with Crippen molar-refractivity contribution >= 4 is 38.1 Å². The topological polar surface area (TPSA) is 84.5 Å². The fraction of sp³-hybridized carbons (Fsp3) is 0.115. The van der Waals surface area contributed by atoms with Crippen molar-refractivity contribution in [3.63, 3.8) is 0 Å². The molecule has 0 unspecified atom stereocenters. The van der Waals surface area contributed by atoms with Crippen LogP contribution in [0.25, 0.3) is 10.8 Å². The summed E-state index contributed by atoms with van der Waals surface area (Å²) in [5, 5.41) is 4.91. The van der Waals surface area contributed by atoms with E-state index in [9.17, 15) is 13.2 Å². The van der Waals surface area contributed by atoms with Crippen LogP contribution in [0, 0.1) is 6.92 Å². The van der Waals surface area contributed by atoms with Gasteiger partial charge in [0, 0.05) is 11.4 Å². The number of rotatable bonds is 7. The molecular weight excluding hydrogens is 436 g/mol. The zero-order valence-electron chi connectivity index (χ0n) is 18.3. The number of amides is 1. The second-order valence-electron chi connectivity index (χ2n) is 7.68. The maximum Gasteiger partial charge on any atom is 0.262 e. The highest BCUT2D eigenvalue weighted by Gasteiger charge is 2.18. The Morgan fingerprint density at radius 1 is 0.879 bits per heavy atom. The molecule has 1 amide bonds. The van der Waals surface area contributed by atoms with Gasteiger partial charge in [-0.3, -0.25) is 9.52 Å². The van der Waals surface area contributed by atoms with Gasteiger partial charge in [-0.05, 0) is 65.2 Å². The summed E-state index contributed by atoms with van der Waals surface area (Å²) < 4.78 is 33.7. The van der Waals surface area contributed by atoms with Crippen LogP contribution in [0.15, 0.2) is 89.8 Å². The molecule has 6 nitrogen and oxygen atoms in total. The molecule has 0 fully saturated rings. The predicted octanol–water partition coefficient (Wildman–Crippen LogP) is 5.14. The standard InChI is InChI=1S/C26H24N2O4S/c1-18-10-11-22(17-25(18)33(30,31)28-21-12-14-23(32-2)15-13-21)27-26(29)16-20-8-5-7-19-6-3-4-9-24(19)20/h3-15,17,28H,16H2,1-2H3,(H,27,29). The second-order valence-corrected chi connectivity index (χ2v) is 9.33. The number of anilines is 2. The van der Waals surface area contributed by atoms with Crippen molar-refractivity contribution in [3.8, 4) is 5.75 Å². The number of nitrogens with one attached hydrogen (secondary N) is 2. The molecule has 0 bridgehead atoms. The van der Waals surface area contributed by atoms with E-state index in [-0.39, 0.29) is 17.2 Å². The van der Waals surface area contributed by atoms with E-state index in [1.54, 1.807) is 50.4 Å². The Morgan fingerprint density at radius 2 is 1.58 bits per heavy atom. The van der Waals surface area contributed by atoms with E-state index in [2.05, 4.69) is 10.0 Å². The summed E-state index contributed by atoms with van der Waals surface area (Å²) in [6, 6.07) is 25.2. The first kappa shape index (κ1) is 22.4. The van der Waals surface area contributed by atoms with Crippen LogP contribution >= 0.6 is 0 Å². The van der Waals surface area contributed by atoms with Crippen LogP contribution in [-0.4, -0.2) is 21.4 Å². The number of fused-ring (bicyclic) bond motifs is 1. The first-order valence-electron chi connectivity index (χ1n) is 10.4. The molecule has 0 aliphatic carbocycles. The number of ether oxygens (including phenoxy) is 1. The lowest BCUT2D eigenvalue weighted by Crippen LogP contribution is -2.17. The highest BCUT2D eigenvalue weighted by Crippen LogP contribution is 2.25. The first-order chi connectivity index (χ1) is 15.9. The van der Waals surface area contributed by atoms with Gasteiger partial charge in [-0.1, -0.05) is 48.5 Å². The van der Waals surface area contributed by atoms with Crippen LogP contribution in [0.4, 0.5) is 11.4 Å². The Labute approximate surface area is 193 Å². The van der Waals surface area contributed by atoms with Gasteiger partial charge in [0.25, 0.3) is 10.0 Å². The number of carbonyl (C=O) groups excluding carboxylic acids is 1. The van der Waals surface area contributed by atoms with Gasteiger partial charge in [-0.15, -0.1) is 0 Å². The third kappa shape index (κ3) is 5.15. The third-order valence-corrected chi connectivity index (χ3v) is 6.86. The van der Waals surface area contributed by atoms with E-state index in [1.165, 1.54) is 6.07 Å². The molecule has 0 saturated carbocycles. The third-order valence-electron chi connectivity index (χ3n) is 5.33. The number of hydrogen-bond acceptors (Lipinski definition) is 4. The van der Waals surface area contributed by atoms with Gasteiger partial charge in [0.2, 0.25) is 5.91 Å². The zero-order chi connectivity index (χ0) is 23.4. The number of aryl methyl sites for hydroxylation is 1. The van der Waals surface area contributed by atoms with Crippen molar-refractivity contribution in [3.05, 3.63) is 96.1 Å². The Morgan fingerprint density at radius 3 is 2.33 bits per heavy atom. The smallest absolute Gasteiger partial charge is 0.262 e. The summed E-state index contributed by atoms with van der Waals surface area (Å²) in [7, 11) is -2.31. The van der Waals surface area contributed by atoms with Gasteiger partial charge < -0.3 is 10.1 Å². The lowest BCUT2D eigenvalue weighted by atomic mass is 10.0. The lowest BCUT2D eigenvalue weighted by Gasteiger charge is -2.13. The molecule has 7 heteroatoms. The molecule has 4 rings (SSSR count). The normalized spacial score (nSPS) is 11.2. The van der Waals surface area contributed by atoms with E-state index < -0.39 is 10.0 Å². The molecule has 2 N–H and O–H groups in total. The molecular formula is C26H24N2O4S. The van der Waals surface area contributed by atoms with Crippen LogP contribution in [-0.2, 0) is 21.2 Å². The van der Waals surface area contributed by atoms with E-state index >= 15 is 0 Å². The van der Waals surface area contributed by atoms with Gasteiger partial charge in [0.1, 0.15) is 5.75 Å². The quantitative estimate of drug-likeness (QED) is 0.400. The molecule has 0 radical (unpaired) electrons. The fourth-order valence-corrected chi connectivity index (χ4v) is 4.99. The van der Waals surface area contributed by atoms with Crippen LogP contribution < -0.4 is 14.8 Å². The van der Waals surface area contributed by atoms with Crippen molar-refractivity contribution in [2.45, 2.75) is 18.2 Å². The largest absolute Gasteiger partial charge is 0.497 e. The molecule has 0 heterocycles. The average Bonchev–Trinajstić information content (AvgIpc) is 2.81. The van der Waals surface area contributed by atoms with Crippen molar-refractivity contribution in [2.24, 2.45) is 0 Å². The van der Waals surface area contributed by atoms with Gasteiger partial charge in [-0.2, -0.15) is 0 Å². The van der Waals surface area contributed by atoms with E-state index in [1.807, 2.05) is 42.5 Å². The van der Waals surface area contributed by atoms with E-state index in [4.69, 9.17) is 4.74 Å². The molecule has 4 aromatic rings. The monoisotopic (exact) mass is 460 g/mol. The van der Waals surface area contributed by atoms with Crippen molar-refractivity contribution in [1.82, 2.24) is 0 Å². The lowest BCUT2D eigenvalue weighted by molar-refractivity contribution is -0.115. The maximum absolute atomic E-state index is 13.0. The van der Waals surface area contributed by atoms with Gasteiger partial charge in [0.05, 0.1) is 18.4 Å². The Hall–Kier alpha value is -3.84. The Balaban J connectivity index is 1.53. The fourth-order valence-electron chi connectivity index (χ4n) is 3.66. The first-order valence-corrected chi connectivity index (χ1v) is 11.9. The molecule has 4 aromatic carbocycles. The molecule has 0 aliphatic heterocycles. The highest BCUT2D eigenvalue weighted by atomic mass is 32.2. The Kier molecular flexibility index (Phi) is 6.33. The SMILES string of the molecule is COc1ccc(NS(=O)(=O)c2cc(NC(=O)Cc3cccc4ccccc34)ccc2C)cc1. The predicted molar refractivity (Wildman–Crippen MR) is 131 cm³/mol. The van der Waals surface area contributed by atoms with Crippen molar-refractivity contribution in [2.75, 3.05) is 17.1 Å². The van der Waals surface area contributed by atoms with Crippen molar-refractivity contribution in [1.29, 1.82) is 0 Å². The van der Waals surface area contributed by atoms with Crippen LogP contribution in [0.5, 0.6) is 5.75 Å². The average molecular weight is 461 g/mol. The highest BCUT2D eigenvalue weighted by molar-refractivity contribution is 7.92. The molecule has 0 aromatic heterocycles. The summed E-state index contributed by atoms with van der Waals surface area (Å²) in [6.07, 6.45) is 0.182. The second kappa shape index (κ2) is 9.34. The molecule has 33 heavy (non-hydrogen) atoms. The van der Waals surface area contributed by atoms with Crippen LogP contribution in [0.3, 0.4) is 0 Å². The number of benzene rings is 4. The molecule has 0 atom stereocenters. The van der Waals surface area contributed by atoms with Crippen LogP contribution in [0.2, 0.25) is 0 Å². The molecule has 168 valence electrons. The summed E-state index contributed by atoms with van der Waals surface area (Å²) in [4.78, 5) is 12.8. The Bertz CT molecular complexity index is 1410. The van der Waals surface area contributed by atoms with Crippen molar-refractivity contribution < 1.29 is 17.9 Å². The van der Waals surface area contributed by atoms with Gasteiger partial charge >= 0.3 is 0 Å². The zero-order valence-corrected chi connectivity index (χ0v) is 19.1. The molecule has 0 aliphatic rings. The number of hydrogen-bond donors (Lipinski definition) is 2. The van der Waals surface area contributed by atoms with Gasteiger partial charge in [-0.25, -0.2) is 8.42 Å². The van der Waals surface area contributed by atoms with Crippen LogP contribution in [0.1, 0.15) is 11.1 Å². The minimum atomic E-state index is -3.85.